The Balaban J connectivity index is 2.13. The first-order valence-corrected chi connectivity index (χ1v) is 8.54. The summed E-state index contributed by atoms with van der Waals surface area (Å²) >= 11 is 0. The van der Waals surface area contributed by atoms with Crippen molar-refractivity contribution in [2.75, 3.05) is 6.54 Å². The molecule has 1 aliphatic rings. The molecule has 0 aliphatic carbocycles. The lowest BCUT2D eigenvalue weighted by Crippen LogP contribution is -2.32. The van der Waals surface area contributed by atoms with E-state index in [1.807, 2.05) is 60.7 Å². The van der Waals surface area contributed by atoms with Crippen LogP contribution >= 0.6 is 7.14 Å². The summed E-state index contributed by atoms with van der Waals surface area (Å²) in [6.07, 6.45) is 2.09. The topological polar surface area (TPSA) is 29.1 Å². The molecule has 0 amide bonds. The van der Waals surface area contributed by atoms with E-state index in [0.717, 1.165) is 30.0 Å². The molecular formula is C16H18NOP. The highest BCUT2D eigenvalue weighted by Crippen LogP contribution is 2.50. The molecule has 3 rings (SSSR count). The van der Waals surface area contributed by atoms with E-state index in [-0.39, 0.29) is 5.78 Å². The predicted octanol–water partition coefficient (Wildman–Crippen LogP) is 2.71. The number of rotatable bonds is 3. The molecule has 1 N–H and O–H groups in total. The second-order valence-electron chi connectivity index (χ2n) is 4.94. The average Bonchev–Trinajstić information content (AvgIpc) is 3.03. The van der Waals surface area contributed by atoms with Gasteiger partial charge in [-0.2, -0.15) is 0 Å². The zero-order valence-electron chi connectivity index (χ0n) is 10.8. The van der Waals surface area contributed by atoms with Crippen LogP contribution in [0.4, 0.5) is 0 Å². The molecule has 0 radical (unpaired) electrons. The first-order chi connectivity index (χ1) is 9.32. The molecule has 2 aromatic carbocycles. The van der Waals surface area contributed by atoms with Crippen molar-refractivity contribution in [1.29, 1.82) is 0 Å². The molecule has 3 heteroatoms. The molecular weight excluding hydrogens is 253 g/mol. The molecule has 1 heterocycles. The molecule has 0 spiro atoms. The van der Waals surface area contributed by atoms with E-state index in [9.17, 15) is 4.57 Å². The number of hydrogen-bond donors (Lipinski definition) is 1. The summed E-state index contributed by atoms with van der Waals surface area (Å²) in [6.45, 7) is 0.967. The lowest BCUT2D eigenvalue weighted by molar-refractivity contribution is 0.571. The van der Waals surface area contributed by atoms with E-state index in [0.29, 0.717) is 0 Å². The van der Waals surface area contributed by atoms with Gasteiger partial charge in [0.2, 0.25) is 0 Å². The highest BCUT2D eigenvalue weighted by Gasteiger charge is 2.37. The summed E-state index contributed by atoms with van der Waals surface area (Å²) in [7, 11) is -2.58. The van der Waals surface area contributed by atoms with Gasteiger partial charge in [-0.15, -0.1) is 0 Å². The Morgan fingerprint density at radius 1 is 0.895 bits per heavy atom. The highest BCUT2D eigenvalue weighted by atomic mass is 31.2. The molecule has 2 aromatic rings. The van der Waals surface area contributed by atoms with E-state index in [1.54, 1.807) is 0 Å². The molecule has 0 aromatic heterocycles. The van der Waals surface area contributed by atoms with Gasteiger partial charge < -0.3 is 9.88 Å². The number of nitrogens with one attached hydrogen (secondary N) is 1. The fraction of sp³-hybridized carbons (Fsp3) is 0.250. The van der Waals surface area contributed by atoms with Crippen molar-refractivity contribution in [3.8, 4) is 0 Å². The Morgan fingerprint density at radius 3 is 1.84 bits per heavy atom. The van der Waals surface area contributed by atoms with Crippen molar-refractivity contribution in [1.82, 2.24) is 5.32 Å². The summed E-state index contributed by atoms with van der Waals surface area (Å²) in [4.78, 5) is 0. The zero-order chi connectivity index (χ0) is 13.1. The van der Waals surface area contributed by atoms with Crippen molar-refractivity contribution in [3.63, 3.8) is 0 Å². The van der Waals surface area contributed by atoms with E-state index in [2.05, 4.69) is 5.32 Å². The minimum atomic E-state index is -2.58. The van der Waals surface area contributed by atoms with Gasteiger partial charge in [0.1, 0.15) is 0 Å². The summed E-state index contributed by atoms with van der Waals surface area (Å²) in [6, 6.07) is 19.8. The molecule has 1 aliphatic heterocycles. The fourth-order valence-electron chi connectivity index (χ4n) is 2.78. The largest absolute Gasteiger partial charge is 0.312 e. The minimum absolute atomic E-state index is 0.0808. The summed E-state index contributed by atoms with van der Waals surface area (Å²) in [5.74, 6) is 0.0808. The van der Waals surface area contributed by atoms with Crippen LogP contribution in [0.2, 0.25) is 0 Å². The summed E-state index contributed by atoms with van der Waals surface area (Å²) in [5, 5.41) is 5.35. The lowest BCUT2D eigenvalue weighted by atomic mass is 10.4. The Kier molecular flexibility index (Phi) is 3.54. The normalized spacial score (nSPS) is 19.5. The monoisotopic (exact) mass is 271 g/mol. The SMILES string of the molecule is O=P(c1ccccc1)(c1ccccc1)[C@H]1CCCN1. The molecule has 2 nitrogen and oxygen atoms in total. The van der Waals surface area contributed by atoms with Gasteiger partial charge in [0, 0.05) is 10.6 Å². The third-order valence-corrected chi connectivity index (χ3v) is 7.20. The maximum atomic E-state index is 13.8. The van der Waals surface area contributed by atoms with Crippen LogP contribution in [0.1, 0.15) is 12.8 Å². The Bertz CT molecular complexity index is 533. The van der Waals surface area contributed by atoms with Gasteiger partial charge in [0.15, 0.2) is 7.14 Å². The molecule has 1 fully saturated rings. The predicted molar refractivity (Wildman–Crippen MR) is 80.8 cm³/mol. The van der Waals surface area contributed by atoms with Crippen LogP contribution in [0.15, 0.2) is 60.7 Å². The van der Waals surface area contributed by atoms with E-state index >= 15 is 0 Å². The van der Waals surface area contributed by atoms with Gasteiger partial charge in [0.25, 0.3) is 0 Å². The minimum Gasteiger partial charge on any atom is -0.312 e. The molecule has 1 saturated heterocycles. The van der Waals surface area contributed by atoms with Crippen LogP contribution in [0.3, 0.4) is 0 Å². The first-order valence-electron chi connectivity index (χ1n) is 6.76. The third kappa shape index (κ3) is 2.27. The van der Waals surface area contributed by atoms with Crippen LogP contribution in [-0.4, -0.2) is 12.3 Å². The maximum absolute atomic E-state index is 13.8. The summed E-state index contributed by atoms with van der Waals surface area (Å²) < 4.78 is 13.8. The Morgan fingerprint density at radius 2 is 1.42 bits per heavy atom. The van der Waals surface area contributed by atoms with E-state index in [4.69, 9.17) is 0 Å². The fourth-order valence-corrected chi connectivity index (χ4v) is 5.96. The van der Waals surface area contributed by atoms with Gasteiger partial charge in [-0.05, 0) is 19.4 Å². The van der Waals surface area contributed by atoms with Crippen molar-refractivity contribution in [2.24, 2.45) is 0 Å². The highest BCUT2D eigenvalue weighted by molar-refractivity contribution is 7.79. The van der Waals surface area contributed by atoms with Crippen molar-refractivity contribution in [2.45, 2.75) is 18.6 Å². The number of hydrogen-bond acceptors (Lipinski definition) is 2. The summed E-state index contributed by atoms with van der Waals surface area (Å²) in [5.41, 5.74) is 0. The zero-order valence-corrected chi connectivity index (χ0v) is 11.7. The van der Waals surface area contributed by atoms with Crippen LogP contribution in [0, 0.1) is 0 Å². The quantitative estimate of drug-likeness (QED) is 0.870. The molecule has 0 unspecified atom stereocenters. The smallest absolute Gasteiger partial charge is 0.159 e. The van der Waals surface area contributed by atoms with Crippen molar-refractivity contribution in [3.05, 3.63) is 60.7 Å². The molecule has 0 bridgehead atoms. The first kappa shape index (κ1) is 12.7. The molecule has 19 heavy (non-hydrogen) atoms. The maximum Gasteiger partial charge on any atom is 0.159 e. The lowest BCUT2D eigenvalue weighted by Gasteiger charge is -2.25. The van der Waals surface area contributed by atoms with E-state index in [1.165, 1.54) is 0 Å². The van der Waals surface area contributed by atoms with Crippen molar-refractivity contribution < 1.29 is 4.57 Å². The van der Waals surface area contributed by atoms with Crippen molar-refractivity contribution >= 4 is 17.8 Å². The molecule has 1 atom stereocenters. The molecule has 0 saturated carbocycles. The van der Waals surface area contributed by atoms with Gasteiger partial charge in [-0.3, -0.25) is 0 Å². The Labute approximate surface area is 114 Å². The number of benzene rings is 2. The van der Waals surface area contributed by atoms with Crippen LogP contribution in [0.25, 0.3) is 0 Å². The molecule has 98 valence electrons. The van der Waals surface area contributed by atoms with Crippen LogP contribution in [0.5, 0.6) is 0 Å². The van der Waals surface area contributed by atoms with Gasteiger partial charge in [-0.25, -0.2) is 0 Å². The van der Waals surface area contributed by atoms with Gasteiger partial charge in [0.05, 0.1) is 5.78 Å². The third-order valence-electron chi connectivity index (χ3n) is 3.75. The second-order valence-corrected chi connectivity index (χ2v) is 7.91. The average molecular weight is 271 g/mol. The van der Waals surface area contributed by atoms with Gasteiger partial charge >= 0.3 is 0 Å². The standard InChI is InChI=1S/C16H18NOP/c18-19(16-12-7-13-17-16,14-8-3-1-4-9-14)15-10-5-2-6-11-15/h1-6,8-11,16-17H,7,12-13H2/t16-/m0/s1. The van der Waals surface area contributed by atoms with Gasteiger partial charge in [-0.1, -0.05) is 60.7 Å². The van der Waals surface area contributed by atoms with E-state index < -0.39 is 7.14 Å². The second kappa shape index (κ2) is 5.32. The van der Waals surface area contributed by atoms with Crippen LogP contribution in [-0.2, 0) is 4.57 Å². The van der Waals surface area contributed by atoms with Crippen LogP contribution < -0.4 is 15.9 Å². The Hall–Kier alpha value is -1.37.